The van der Waals surface area contributed by atoms with Gasteiger partial charge in [-0.05, 0) is 25.5 Å². The van der Waals surface area contributed by atoms with E-state index in [4.69, 9.17) is 9.26 Å². The van der Waals surface area contributed by atoms with Crippen LogP contribution in [0.3, 0.4) is 0 Å². The molecule has 0 radical (unpaired) electrons. The van der Waals surface area contributed by atoms with Crippen molar-refractivity contribution in [2.75, 3.05) is 11.9 Å². The number of nitrogens with zero attached hydrogens (tertiary/aromatic N) is 4. The predicted octanol–water partition coefficient (Wildman–Crippen LogP) is 4.31. The molecular formula is C16H19N5O2S2. The van der Waals surface area contributed by atoms with E-state index in [9.17, 15) is 0 Å². The number of rotatable bonds is 9. The fourth-order valence-electron chi connectivity index (χ4n) is 2.08. The van der Waals surface area contributed by atoms with Crippen LogP contribution in [0, 0.1) is 0 Å². The summed E-state index contributed by atoms with van der Waals surface area (Å²) >= 11 is 3.00. The first-order valence-electron chi connectivity index (χ1n) is 8.05. The molecule has 3 aromatic rings. The number of ether oxygens (including phenoxy) is 1. The van der Waals surface area contributed by atoms with E-state index >= 15 is 0 Å². The van der Waals surface area contributed by atoms with Crippen molar-refractivity contribution < 1.29 is 9.26 Å². The number of aromatic nitrogens is 4. The summed E-state index contributed by atoms with van der Waals surface area (Å²) in [4.78, 5) is 4.35. The lowest BCUT2D eigenvalue weighted by atomic mass is 10.3. The summed E-state index contributed by atoms with van der Waals surface area (Å²) in [6.07, 6.45) is 1.83. The number of hydrogen-bond acceptors (Lipinski definition) is 9. The van der Waals surface area contributed by atoms with Gasteiger partial charge < -0.3 is 14.6 Å². The zero-order valence-corrected chi connectivity index (χ0v) is 15.7. The first-order chi connectivity index (χ1) is 12.3. The first kappa shape index (κ1) is 17.7. The van der Waals surface area contributed by atoms with Crippen molar-refractivity contribution >= 4 is 33.9 Å². The Morgan fingerprint density at radius 2 is 2.12 bits per heavy atom. The van der Waals surface area contributed by atoms with E-state index in [1.165, 1.54) is 23.1 Å². The van der Waals surface area contributed by atoms with Gasteiger partial charge in [-0.1, -0.05) is 47.3 Å². The summed E-state index contributed by atoms with van der Waals surface area (Å²) in [5, 5.41) is 16.3. The summed E-state index contributed by atoms with van der Waals surface area (Å²) in [7, 11) is 0. The highest BCUT2D eigenvalue weighted by atomic mass is 32.2. The van der Waals surface area contributed by atoms with Gasteiger partial charge in [-0.25, -0.2) is 0 Å². The molecule has 2 aromatic heterocycles. The molecule has 0 saturated heterocycles. The van der Waals surface area contributed by atoms with Crippen LogP contribution >= 0.6 is 23.1 Å². The monoisotopic (exact) mass is 377 g/mol. The summed E-state index contributed by atoms with van der Waals surface area (Å²) in [5.41, 5.74) is 0.873. The average molecular weight is 377 g/mol. The van der Waals surface area contributed by atoms with Crippen LogP contribution in [0.4, 0.5) is 10.8 Å². The molecule has 0 aliphatic rings. The molecule has 0 unspecified atom stereocenters. The van der Waals surface area contributed by atoms with Gasteiger partial charge in [-0.3, -0.25) is 0 Å². The molecule has 0 saturated carbocycles. The van der Waals surface area contributed by atoms with Crippen molar-refractivity contribution in [2.24, 2.45) is 0 Å². The van der Waals surface area contributed by atoms with Crippen LogP contribution in [0.1, 0.15) is 32.0 Å². The van der Waals surface area contributed by atoms with Crippen LogP contribution in [-0.2, 0) is 12.2 Å². The van der Waals surface area contributed by atoms with Gasteiger partial charge in [0.05, 0.1) is 18.0 Å². The lowest BCUT2D eigenvalue weighted by Gasteiger charge is -2.09. The molecule has 1 aromatic carbocycles. The maximum Gasteiger partial charge on any atom is 0.237 e. The molecule has 0 bridgehead atoms. The molecule has 7 nitrogen and oxygen atoms in total. The van der Waals surface area contributed by atoms with Gasteiger partial charge in [0, 0.05) is 6.42 Å². The van der Waals surface area contributed by atoms with Crippen LogP contribution < -0.4 is 10.1 Å². The summed E-state index contributed by atoms with van der Waals surface area (Å²) < 4.78 is 11.7. The number of thioether (sulfide) groups is 1. The minimum absolute atomic E-state index is 0.584. The maximum atomic E-state index is 5.60. The van der Waals surface area contributed by atoms with Crippen LogP contribution in [-0.4, -0.2) is 26.9 Å². The van der Waals surface area contributed by atoms with Crippen molar-refractivity contribution in [1.29, 1.82) is 0 Å². The Kier molecular flexibility index (Phi) is 6.24. The number of hydrogen-bond donors (Lipinski definition) is 1. The molecular weight excluding hydrogens is 358 g/mol. The highest BCUT2D eigenvalue weighted by Crippen LogP contribution is 2.32. The highest BCUT2D eigenvalue weighted by Gasteiger charge is 2.11. The zero-order chi connectivity index (χ0) is 17.5. The third-order valence-electron chi connectivity index (χ3n) is 3.14. The number of para-hydroxylation sites is 2. The molecule has 9 heteroatoms. The van der Waals surface area contributed by atoms with E-state index < -0.39 is 0 Å². The number of benzene rings is 1. The summed E-state index contributed by atoms with van der Waals surface area (Å²) in [6, 6.07) is 7.76. The van der Waals surface area contributed by atoms with Crippen LogP contribution in [0.25, 0.3) is 0 Å². The lowest BCUT2D eigenvalue weighted by molar-refractivity contribution is 0.342. The Morgan fingerprint density at radius 1 is 1.24 bits per heavy atom. The molecule has 2 heterocycles. The largest absolute Gasteiger partial charge is 0.492 e. The molecule has 0 amide bonds. The van der Waals surface area contributed by atoms with E-state index in [0.29, 0.717) is 23.4 Å². The molecule has 0 aliphatic carbocycles. The Morgan fingerprint density at radius 3 is 2.96 bits per heavy atom. The summed E-state index contributed by atoms with van der Waals surface area (Å²) in [5.74, 6) is 2.75. The molecule has 3 rings (SSSR count). The highest BCUT2D eigenvalue weighted by molar-refractivity contribution is 8.00. The topological polar surface area (TPSA) is 86.0 Å². The third-order valence-corrected chi connectivity index (χ3v) is 5.09. The minimum atomic E-state index is 0.584. The standard InChI is InChI=1S/C16H19N5O2S2/c1-3-7-13-18-14(23-21-13)10-24-16-20-19-15(25-16)17-11-8-5-6-9-12(11)22-4-2/h5-6,8-9H,3-4,7,10H2,1-2H3,(H,17,19). The normalized spacial score (nSPS) is 10.8. The molecule has 1 N–H and O–H groups in total. The SMILES string of the molecule is CCCc1noc(CSc2nnc(Nc3ccccc3OCC)s2)n1. The second-order valence-electron chi connectivity index (χ2n) is 5.07. The molecule has 0 fully saturated rings. The fourth-order valence-corrected chi connectivity index (χ4v) is 3.68. The average Bonchev–Trinajstić information content (AvgIpc) is 3.25. The van der Waals surface area contributed by atoms with E-state index in [2.05, 4.69) is 32.6 Å². The molecule has 25 heavy (non-hydrogen) atoms. The van der Waals surface area contributed by atoms with Crippen LogP contribution in [0.2, 0.25) is 0 Å². The van der Waals surface area contributed by atoms with E-state index in [1.807, 2.05) is 31.2 Å². The van der Waals surface area contributed by atoms with Gasteiger partial charge >= 0.3 is 0 Å². The minimum Gasteiger partial charge on any atom is -0.492 e. The van der Waals surface area contributed by atoms with Gasteiger partial charge in [-0.2, -0.15) is 4.98 Å². The van der Waals surface area contributed by atoms with E-state index in [0.717, 1.165) is 34.4 Å². The fraction of sp³-hybridized carbons (Fsp3) is 0.375. The Labute approximate surface area is 154 Å². The number of nitrogens with one attached hydrogen (secondary N) is 1. The Balaban J connectivity index is 1.58. The second-order valence-corrected chi connectivity index (χ2v) is 7.27. The summed E-state index contributed by atoms with van der Waals surface area (Å²) in [6.45, 7) is 4.66. The predicted molar refractivity (Wildman–Crippen MR) is 98.7 cm³/mol. The van der Waals surface area contributed by atoms with Crippen molar-refractivity contribution in [1.82, 2.24) is 20.3 Å². The van der Waals surface area contributed by atoms with Gasteiger partial charge in [0.1, 0.15) is 5.75 Å². The van der Waals surface area contributed by atoms with Gasteiger partial charge in [-0.15, -0.1) is 10.2 Å². The molecule has 0 spiro atoms. The zero-order valence-electron chi connectivity index (χ0n) is 14.1. The van der Waals surface area contributed by atoms with Gasteiger partial charge in [0.25, 0.3) is 0 Å². The smallest absolute Gasteiger partial charge is 0.237 e. The van der Waals surface area contributed by atoms with Crippen molar-refractivity contribution in [2.45, 2.75) is 36.8 Å². The van der Waals surface area contributed by atoms with Crippen molar-refractivity contribution in [3.8, 4) is 5.75 Å². The van der Waals surface area contributed by atoms with Gasteiger partial charge in [0.15, 0.2) is 10.2 Å². The van der Waals surface area contributed by atoms with Gasteiger partial charge in [0.2, 0.25) is 11.0 Å². The molecule has 0 aliphatic heterocycles. The Bertz CT molecular complexity index is 805. The molecule has 0 atom stereocenters. The second kappa shape index (κ2) is 8.82. The van der Waals surface area contributed by atoms with E-state index in [-0.39, 0.29) is 0 Å². The third kappa shape index (κ3) is 4.93. The number of aryl methyl sites for hydroxylation is 1. The number of anilines is 2. The quantitative estimate of drug-likeness (QED) is 0.552. The first-order valence-corrected chi connectivity index (χ1v) is 9.85. The maximum absolute atomic E-state index is 5.60. The van der Waals surface area contributed by atoms with Crippen molar-refractivity contribution in [3.05, 3.63) is 36.0 Å². The van der Waals surface area contributed by atoms with Crippen LogP contribution in [0.15, 0.2) is 33.1 Å². The van der Waals surface area contributed by atoms with Crippen molar-refractivity contribution in [3.63, 3.8) is 0 Å². The lowest BCUT2D eigenvalue weighted by Crippen LogP contribution is -1.97. The van der Waals surface area contributed by atoms with Crippen LogP contribution in [0.5, 0.6) is 5.75 Å². The van der Waals surface area contributed by atoms with E-state index in [1.54, 1.807) is 0 Å². The Hall–Kier alpha value is -2.13. The molecule has 132 valence electrons.